The van der Waals surface area contributed by atoms with Gasteiger partial charge >= 0.3 is 0 Å². The topological polar surface area (TPSA) is 83.6 Å². The Labute approximate surface area is 127 Å². The largest absolute Gasteiger partial charge is 0.283 e. The molecule has 1 aromatic carbocycles. The van der Waals surface area contributed by atoms with Gasteiger partial charge < -0.3 is 0 Å². The fourth-order valence-corrected chi connectivity index (χ4v) is 4.51. The summed E-state index contributed by atoms with van der Waals surface area (Å²) >= 11 is 2.90. The molecular weight excluding hydrogens is 368 g/mol. The standard InChI is InChI=1S/C11H15BrN2O4S2/c1-9-3-4-10(14-5-2-6-20(14,17)18)7-11(9)13-19(15,16)8-12/h3-4,7,13H,2,5-6,8H2,1H3. The van der Waals surface area contributed by atoms with Crippen LogP contribution in [0.25, 0.3) is 0 Å². The number of halogens is 1. The number of hydrogen-bond acceptors (Lipinski definition) is 4. The van der Waals surface area contributed by atoms with Crippen LogP contribution >= 0.6 is 15.9 Å². The lowest BCUT2D eigenvalue weighted by molar-refractivity contribution is 0.599. The van der Waals surface area contributed by atoms with E-state index in [-0.39, 0.29) is 10.4 Å². The summed E-state index contributed by atoms with van der Waals surface area (Å²) in [6.45, 7) is 2.18. The van der Waals surface area contributed by atoms with Crippen molar-refractivity contribution in [3.05, 3.63) is 23.8 Å². The average Bonchev–Trinajstić information content (AvgIpc) is 2.72. The number of aryl methyl sites for hydroxylation is 1. The van der Waals surface area contributed by atoms with Crippen molar-refractivity contribution in [1.82, 2.24) is 0 Å². The molecule has 0 aromatic heterocycles. The number of alkyl halides is 1. The normalized spacial score (nSPS) is 18.2. The Balaban J connectivity index is 2.39. The first-order valence-corrected chi connectivity index (χ1v) is 10.3. The van der Waals surface area contributed by atoms with Crippen LogP contribution in [0.4, 0.5) is 11.4 Å². The molecule has 1 aromatic rings. The van der Waals surface area contributed by atoms with Gasteiger partial charge in [0.05, 0.1) is 17.1 Å². The average molecular weight is 383 g/mol. The van der Waals surface area contributed by atoms with Gasteiger partial charge in [-0.15, -0.1) is 0 Å². The van der Waals surface area contributed by atoms with Gasteiger partial charge in [0, 0.05) is 6.54 Å². The number of hydrogen-bond donors (Lipinski definition) is 1. The number of sulfonamides is 2. The Morgan fingerprint density at radius 1 is 1.40 bits per heavy atom. The highest BCUT2D eigenvalue weighted by Crippen LogP contribution is 2.29. The van der Waals surface area contributed by atoms with E-state index in [0.29, 0.717) is 24.3 Å². The maximum Gasteiger partial charge on any atom is 0.242 e. The minimum atomic E-state index is -3.47. The van der Waals surface area contributed by atoms with Crippen LogP contribution in [0.15, 0.2) is 18.2 Å². The molecular formula is C11H15BrN2O4S2. The van der Waals surface area contributed by atoms with E-state index in [9.17, 15) is 16.8 Å². The monoisotopic (exact) mass is 382 g/mol. The van der Waals surface area contributed by atoms with Crippen molar-refractivity contribution in [2.75, 3.05) is 26.0 Å². The van der Waals surface area contributed by atoms with Crippen LogP contribution < -0.4 is 9.03 Å². The van der Waals surface area contributed by atoms with Gasteiger partial charge in [-0.3, -0.25) is 9.03 Å². The smallest absolute Gasteiger partial charge is 0.242 e. The van der Waals surface area contributed by atoms with Crippen LogP contribution in [-0.2, 0) is 20.0 Å². The summed E-state index contributed by atoms with van der Waals surface area (Å²) in [5, 5.41) is 0. The molecule has 20 heavy (non-hydrogen) atoms. The van der Waals surface area contributed by atoms with Gasteiger partial charge in [-0.05, 0) is 31.0 Å². The highest BCUT2D eigenvalue weighted by atomic mass is 79.9. The molecule has 1 N–H and O–H groups in total. The number of benzene rings is 1. The van der Waals surface area contributed by atoms with Crippen LogP contribution in [0.1, 0.15) is 12.0 Å². The first-order valence-electron chi connectivity index (χ1n) is 5.93. The van der Waals surface area contributed by atoms with Gasteiger partial charge in [0.25, 0.3) is 0 Å². The van der Waals surface area contributed by atoms with Gasteiger partial charge in [-0.2, -0.15) is 0 Å². The van der Waals surface area contributed by atoms with Crippen molar-refractivity contribution < 1.29 is 16.8 Å². The Bertz CT molecular complexity index is 716. The Morgan fingerprint density at radius 2 is 2.10 bits per heavy atom. The molecule has 112 valence electrons. The molecule has 0 radical (unpaired) electrons. The van der Waals surface area contributed by atoms with Crippen molar-refractivity contribution in [3.8, 4) is 0 Å². The molecule has 1 fully saturated rings. The molecule has 0 saturated carbocycles. The van der Waals surface area contributed by atoms with E-state index in [1.54, 1.807) is 25.1 Å². The van der Waals surface area contributed by atoms with E-state index >= 15 is 0 Å². The van der Waals surface area contributed by atoms with Crippen molar-refractivity contribution in [2.45, 2.75) is 13.3 Å². The van der Waals surface area contributed by atoms with Gasteiger partial charge in [0.15, 0.2) is 0 Å². The summed E-state index contributed by atoms with van der Waals surface area (Å²) in [6.07, 6.45) is 0.582. The summed E-state index contributed by atoms with van der Waals surface area (Å²) < 4.78 is 50.5. The third-order valence-electron chi connectivity index (χ3n) is 3.02. The minimum Gasteiger partial charge on any atom is -0.283 e. The lowest BCUT2D eigenvalue weighted by Crippen LogP contribution is -2.25. The molecule has 0 unspecified atom stereocenters. The molecule has 1 heterocycles. The quantitative estimate of drug-likeness (QED) is 0.802. The molecule has 2 rings (SSSR count). The third kappa shape index (κ3) is 3.26. The van der Waals surface area contributed by atoms with Crippen LogP contribution in [0.5, 0.6) is 0 Å². The molecule has 6 nitrogen and oxygen atoms in total. The Hall–Kier alpha value is -0.800. The second-order valence-electron chi connectivity index (χ2n) is 4.57. The number of nitrogens with zero attached hydrogens (tertiary/aromatic N) is 1. The first kappa shape index (κ1) is 15.6. The molecule has 0 atom stereocenters. The van der Waals surface area contributed by atoms with Crippen molar-refractivity contribution >= 4 is 47.4 Å². The number of anilines is 2. The van der Waals surface area contributed by atoms with Gasteiger partial charge in [-0.1, -0.05) is 22.0 Å². The molecule has 0 spiro atoms. The van der Waals surface area contributed by atoms with Crippen molar-refractivity contribution in [2.24, 2.45) is 0 Å². The zero-order valence-corrected chi connectivity index (χ0v) is 14.1. The van der Waals surface area contributed by atoms with E-state index in [2.05, 4.69) is 20.7 Å². The predicted molar refractivity (Wildman–Crippen MR) is 83.3 cm³/mol. The second-order valence-corrected chi connectivity index (χ2v) is 9.61. The Morgan fingerprint density at radius 3 is 2.65 bits per heavy atom. The van der Waals surface area contributed by atoms with Gasteiger partial charge in [0.2, 0.25) is 20.0 Å². The first-order chi connectivity index (χ1) is 9.25. The maximum atomic E-state index is 11.9. The summed E-state index contributed by atoms with van der Waals surface area (Å²) in [4.78, 5) is 0. The van der Waals surface area contributed by atoms with E-state index in [4.69, 9.17) is 0 Å². The number of nitrogens with one attached hydrogen (secondary N) is 1. The second kappa shape index (κ2) is 5.53. The summed E-state index contributed by atoms with van der Waals surface area (Å²) in [5.74, 6) is 0.128. The molecule has 9 heteroatoms. The lowest BCUT2D eigenvalue weighted by atomic mass is 10.2. The number of rotatable bonds is 4. The zero-order chi connectivity index (χ0) is 15.0. The molecule has 1 saturated heterocycles. The zero-order valence-electron chi connectivity index (χ0n) is 10.8. The molecule has 0 bridgehead atoms. The van der Waals surface area contributed by atoms with Crippen molar-refractivity contribution in [1.29, 1.82) is 0 Å². The lowest BCUT2D eigenvalue weighted by Gasteiger charge is -2.19. The third-order valence-corrected chi connectivity index (χ3v) is 7.51. The summed E-state index contributed by atoms with van der Waals surface area (Å²) in [5.41, 5.74) is 1.61. The predicted octanol–water partition coefficient (Wildman–Crippen LogP) is 1.63. The minimum absolute atomic E-state index is 0.128. The van der Waals surface area contributed by atoms with Crippen molar-refractivity contribution in [3.63, 3.8) is 0 Å². The Kier molecular flexibility index (Phi) is 4.31. The molecule has 0 aliphatic carbocycles. The summed E-state index contributed by atoms with van der Waals surface area (Å²) in [6, 6.07) is 4.94. The van der Waals surface area contributed by atoms with Gasteiger partial charge in [-0.25, -0.2) is 16.8 Å². The van der Waals surface area contributed by atoms with E-state index in [0.717, 1.165) is 5.56 Å². The highest BCUT2D eigenvalue weighted by molar-refractivity contribution is 9.10. The SMILES string of the molecule is Cc1ccc(N2CCCS2(=O)=O)cc1NS(=O)(=O)CBr. The van der Waals surface area contributed by atoms with Gasteiger partial charge in [0.1, 0.15) is 4.66 Å². The van der Waals surface area contributed by atoms with Crippen LogP contribution in [0.3, 0.4) is 0 Å². The fraction of sp³-hybridized carbons (Fsp3) is 0.455. The maximum absolute atomic E-state index is 11.9. The van der Waals surface area contributed by atoms with E-state index in [1.807, 2.05) is 0 Å². The van der Waals surface area contributed by atoms with E-state index in [1.165, 1.54) is 4.31 Å². The van der Waals surface area contributed by atoms with E-state index < -0.39 is 20.0 Å². The van der Waals surface area contributed by atoms with Crippen LogP contribution in [0.2, 0.25) is 0 Å². The van der Waals surface area contributed by atoms with Crippen LogP contribution in [0, 0.1) is 6.92 Å². The molecule has 1 aliphatic rings. The molecule has 1 aliphatic heterocycles. The van der Waals surface area contributed by atoms with Crippen LogP contribution in [-0.4, -0.2) is 33.8 Å². The fourth-order valence-electron chi connectivity index (χ4n) is 2.00. The highest BCUT2D eigenvalue weighted by Gasteiger charge is 2.28. The summed E-state index contributed by atoms with van der Waals surface area (Å²) in [7, 11) is -6.74. The molecule has 0 amide bonds.